The zero-order valence-electron chi connectivity index (χ0n) is 18.3. The van der Waals surface area contributed by atoms with E-state index < -0.39 is 6.10 Å². The SMILES string of the molecule is CC(=O)N1CC[C@H](Nc2cc(C(=O)NCC(O)CN3CCc4ccccc4C3)ncn2)C1. The fourth-order valence-electron chi connectivity index (χ4n) is 4.31. The lowest BCUT2D eigenvalue weighted by molar-refractivity contribution is -0.127. The number of β-amino-alcohol motifs (C(OH)–C–C–N with tert-alkyl or cyclic N) is 1. The van der Waals surface area contributed by atoms with E-state index in [1.807, 2.05) is 6.07 Å². The number of amides is 2. The number of fused-ring (bicyclic) bond motifs is 1. The maximum Gasteiger partial charge on any atom is 0.270 e. The van der Waals surface area contributed by atoms with E-state index in [0.717, 1.165) is 25.9 Å². The third kappa shape index (κ3) is 5.60. The van der Waals surface area contributed by atoms with Crippen LogP contribution in [-0.4, -0.2) is 81.6 Å². The summed E-state index contributed by atoms with van der Waals surface area (Å²) in [6.45, 7) is 5.25. The molecule has 170 valence electrons. The van der Waals surface area contributed by atoms with Gasteiger partial charge < -0.3 is 20.6 Å². The molecule has 0 saturated carbocycles. The van der Waals surface area contributed by atoms with Crippen LogP contribution in [-0.2, 0) is 17.8 Å². The topological polar surface area (TPSA) is 111 Å². The standard InChI is InChI=1S/C23H30N6O3/c1-16(30)29-9-7-19(13-29)27-22-10-21(25-15-26-22)23(32)24-11-20(31)14-28-8-6-17-4-2-3-5-18(17)12-28/h2-5,10,15,19-20,31H,6-9,11-14H2,1H3,(H,24,32)(H,25,26,27)/t19-,20?/m0/s1. The largest absolute Gasteiger partial charge is 0.390 e. The molecule has 1 unspecified atom stereocenters. The summed E-state index contributed by atoms with van der Waals surface area (Å²) in [5.41, 5.74) is 2.90. The summed E-state index contributed by atoms with van der Waals surface area (Å²) in [7, 11) is 0. The summed E-state index contributed by atoms with van der Waals surface area (Å²) in [4.78, 5) is 36.3. The van der Waals surface area contributed by atoms with Crippen molar-refractivity contribution >= 4 is 17.6 Å². The Bertz CT molecular complexity index is 968. The second kappa shape index (κ2) is 10.1. The molecule has 1 fully saturated rings. The van der Waals surface area contributed by atoms with Gasteiger partial charge in [0.2, 0.25) is 5.91 Å². The molecular formula is C23H30N6O3. The zero-order valence-corrected chi connectivity index (χ0v) is 18.3. The Morgan fingerprint density at radius 3 is 2.81 bits per heavy atom. The Balaban J connectivity index is 1.24. The van der Waals surface area contributed by atoms with Gasteiger partial charge in [0.1, 0.15) is 17.8 Å². The molecule has 0 bridgehead atoms. The highest BCUT2D eigenvalue weighted by atomic mass is 16.3. The van der Waals surface area contributed by atoms with E-state index in [9.17, 15) is 14.7 Å². The van der Waals surface area contributed by atoms with E-state index >= 15 is 0 Å². The maximum atomic E-state index is 12.5. The highest BCUT2D eigenvalue weighted by Crippen LogP contribution is 2.18. The molecule has 2 aliphatic heterocycles. The van der Waals surface area contributed by atoms with Crippen molar-refractivity contribution < 1.29 is 14.7 Å². The predicted molar refractivity (Wildman–Crippen MR) is 120 cm³/mol. The van der Waals surface area contributed by atoms with E-state index in [4.69, 9.17) is 0 Å². The van der Waals surface area contributed by atoms with Gasteiger partial charge in [0.25, 0.3) is 5.91 Å². The second-order valence-corrected chi connectivity index (χ2v) is 8.50. The smallest absolute Gasteiger partial charge is 0.270 e. The van der Waals surface area contributed by atoms with Gasteiger partial charge in [-0.15, -0.1) is 0 Å². The molecule has 0 aliphatic carbocycles. The minimum atomic E-state index is -0.667. The molecule has 4 rings (SSSR count). The van der Waals surface area contributed by atoms with E-state index in [0.29, 0.717) is 25.5 Å². The van der Waals surface area contributed by atoms with Gasteiger partial charge in [-0.1, -0.05) is 24.3 Å². The molecule has 2 aromatic rings. The van der Waals surface area contributed by atoms with Gasteiger partial charge >= 0.3 is 0 Å². The van der Waals surface area contributed by atoms with Crippen molar-refractivity contribution in [1.29, 1.82) is 0 Å². The Morgan fingerprint density at radius 1 is 1.22 bits per heavy atom. The number of nitrogens with zero attached hydrogens (tertiary/aromatic N) is 4. The Hall–Kier alpha value is -3.04. The van der Waals surface area contributed by atoms with E-state index in [1.165, 1.54) is 17.5 Å². The molecule has 3 heterocycles. The lowest BCUT2D eigenvalue weighted by atomic mass is 10.00. The third-order valence-corrected chi connectivity index (χ3v) is 6.06. The lowest BCUT2D eigenvalue weighted by Gasteiger charge is -2.30. The van der Waals surface area contributed by atoms with Crippen molar-refractivity contribution in [3.8, 4) is 0 Å². The number of carbonyl (C=O) groups is 2. The average molecular weight is 439 g/mol. The Morgan fingerprint density at radius 2 is 2.03 bits per heavy atom. The minimum absolute atomic E-state index is 0.0596. The first-order valence-electron chi connectivity index (χ1n) is 11.1. The molecule has 3 N–H and O–H groups in total. The van der Waals surface area contributed by atoms with Gasteiger partial charge in [-0.2, -0.15) is 0 Å². The monoisotopic (exact) mass is 438 g/mol. The van der Waals surface area contributed by atoms with Crippen LogP contribution in [0.4, 0.5) is 5.82 Å². The summed E-state index contributed by atoms with van der Waals surface area (Å²) < 4.78 is 0. The summed E-state index contributed by atoms with van der Waals surface area (Å²) in [5.74, 6) is 0.257. The Kier molecular flexibility index (Phi) is 6.96. The van der Waals surface area contributed by atoms with E-state index in [1.54, 1.807) is 17.9 Å². The molecule has 9 heteroatoms. The lowest BCUT2D eigenvalue weighted by Crippen LogP contribution is -2.42. The van der Waals surface area contributed by atoms with Crippen molar-refractivity contribution in [2.75, 3.05) is 38.0 Å². The van der Waals surface area contributed by atoms with Crippen molar-refractivity contribution in [2.45, 2.75) is 38.5 Å². The van der Waals surface area contributed by atoms with Crippen LogP contribution in [0.5, 0.6) is 0 Å². The first-order chi connectivity index (χ1) is 15.5. The van der Waals surface area contributed by atoms with Crippen LogP contribution >= 0.6 is 0 Å². The molecule has 1 aromatic carbocycles. The fourth-order valence-corrected chi connectivity index (χ4v) is 4.31. The molecule has 9 nitrogen and oxygen atoms in total. The Labute approximate surface area is 187 Å². The number of hydrogen-bond acceptors (Lipinski definition) is 7. The summed E-state index contributed by atoms with van der Waals surface area (Å²) in [6, 6.07) is 10.1. The van der Waals surface area contributed by atoms with Crippen molar-refractivity contribution in [1.82, 2.24) is 25.1 Å². The second-order valence-electron chi connectivity index (χ2n) is 8.50. The molecule has 2 amide bonds. The normalized spacial score (nSPS) is 19.3. The molecule has 1 saturated heterocycles. The number of carbonyl (C=O) groups excluding carboxylic acids is 2. The number of benzene rings is 1. The van der Waals surface area contributed by atoms with Gasteiger partial charge in [-0.05, 0) is 24.0 Å². The first kappa shape index (κ1) is 22.2. The number of nitrogens with one attached hydrogen (secondary N) is 2. The average Bonchev–Trinajstić information content (AvgIpc) is 3.26. The molecule has 0 radical (unpaired) electrons. The predicted octanol–water partition coefficient (Wildman–Crippen LogP) is 0.658. The van der Waals surface area contributed by atoms with Crippen molar-refractivity contribution in [3.63, 3.8) is 0 Å². The van der Waals surface area contributed by atoms with E-state index in [-0.39, 0.29) is 30.1 Å². The van der Waals surface area contributed by atoms with E-state index in [2.05, 4.69) is 43.7 Å². The highest BCUT2D eigenvalue weighted by Gasteiger charge is 2.24. The number of hydrogen-bond donors (Lipinski definition) is 3. The molecule has 0 spiro atoms. The number of aromatic nitrogens is 2. The number of aliphatic hydroxyl groups excluding tert-OH is 1. The quantitative estimate of drug-likeness (QED) is 0.582. The fraction of sp³-hybridized carbons (Fsp3) is 0.478. The van der Waals surface area contributed by atoms with Crippen LogP contribution < -0.4 is 10.6 Å². The summed E-state index contributed by atoms with van der Waals surface area (Å²) in [6.07, 6.45) is 2.48. The van der Waals surface area contributed by atoms with Crippen LogP contribution in [0.15, 0.2) is 36.7 Å². The van der Waals surface area contributed by atoms with Gasteiger partial charge in [-0.3, -0.25) is 14.5 Å². The highest BCUT2D eigenvalue weighted by molar-refractivity contribution is 5.92. The van der Waals surface area contributed by atoms with Crippen LogP contribution in [0.1, 0.15) is 35.0 Å². The number of aliphatic hydroxyl groups is 1. The zero-order chi connectivity index (χ0) is 22.5. The summed E-state index contributed by atoms with van der Waals surface area (Å²) >= 11 is 0. The number of rotatable bonds is 7. The molecule has 2 atom stereocenters. The van der Waals surface area contributed by atoms with Crippen LogP contribution in [0.25, 0.3) is 0 Å². The van der Waals surface area contributed by atoms with Crippen molar-refractivity contribution in [2.24, 2.45) is 0 Å². The van der Waals surface area contributed by atoms with Crippen LogP contribution in [0, 0.1) is 0 Å². The molecule has 32 heavy (non-hydrogen) atoms. The molecule has 1 aromatic heterocycles. The van der Waals surface area contributed by atoms with Crippen molar-refractivity contribution in [3.05, 3.63) is 53.5 Å². The minimum Gasteiger partial charge on any atom is -0.390 e. The first-order valence-corrected chi connectivity index (χ1v) is 11.1. The van der Waals surface area contributed by atoms with Gasteiger partial charge in [0, 0.05) is 58.3 Å². The molecular weight excluding hydrogens is 408 g/mol. The number of anilines is 1. The van der Waals surface area contributed by atoms with Crippen LogP contribution in [0.2, 0.25) is 0 Å². The van der Waals surface area contributed by atoms with Gasteiger partial charge in [-0.25, -0.2) is 9.97 Å². The summed E-state index contributed by atoms with van der Waals surface area (Å²) in [5, 5.41) is 16.5. The van der Waals surface area contributed by atoms with Gasteiger partial charge in [0.05, 0.1) is 6.10 Å². The van der Waals surface area contributed by atoms with Crippen LogP contribution in [0.3, 0.4) is 0 Å². The third-order valence-electron chi connectivity index (χ3n) is 6.06. The maximum absolute atomic E-state index is 12.5. The molecule has 2 aliphatic rings. The van der Waals surface area contributed by atoms with Gasteiger partial charge in [0.15, 0.2) is 0 Å². The number of likely N-dealkylation sites (tertiary alicyclic amines) is 1.